The Morgan fingerprint density at radius 1 is 1.35 bits per heavy atom. The number of hydrogen-bond acceptors (Lipinski definition) is 5. The fraction of sp³-hybridized carbons (Fsp3) is 0.500. The van der Waals surface area contributed by atoms with Gasteiger partial charge < -0.3 is 9.80 Å². The molecule has 0 spiro atoms. The third-order valence-corrected chi connectivity index (χ3v) is 3.68. The summed E-state index contributed by atoms with van der Waals surface area (Å²) in [7, 11) is 2.07. The Hall–Kier alpha value is -1.47. The molecular weight excluding hydrogens is 238 g/mol. The number of piperazine rings is 1. The molecule has 2 aromatic rings. The first-order valence-electron chi connectivity index (χ1n) is 5.51. The van der Waals surface area contributed by atoms with Crippen LogP contribution in [0.15, 0.2) is 11.7 Å². The standard InChI is InChI=1S/C10H13N5OS/c1-13-2-4-14(5-3-13)9(16)8-6-15-10(12-8)17-7-11-15/h6-7H,2-5H2,1H3. The molecule has 1 aliphatic rings. The maximum Gasteiger partial charge on any atom is 0.274 e. The van der Waals surface area contributed by atoms with Crippen molar-refractivity contribution in [3.8, 4) is 0 Å². The monoisotopic (exact) mass is 251 g/mol. The van der Waals surface area contributed by atoms with Gasteiger partial charge in [-0.3, -0.25) is 4.79 Å². The predicted octanol–water partition coefficient (Wildman–Crippen LogP) is 0.178. The van der Waals surface area contributed by atoms with Crippen LogP contribution in [0, 0.1) is 0 Å². The van der Waals surface area contributed by atoms with E-state index in [0.717, 1.165) is 31.1 Å². The quantitative estimate of drug-likeness (QED) is 0.725. The summed E-state index contributed by atoms with van der Waals surface area (Å²) >= 11 is 1.43. The molecule has 0 bridgehead atoms. The van der Waals surface area contributed by atoms with Crippen LogP contribution in [0.1, 0.15) is 10.5 Å². The van der Waals surface area contributed by atoms with E-state index in [1.807, 2.05) is 4.90 Å². The minimum Gasteiger partial charge on any atom is -0.335 e. The van der Waals surface area contributed by atoms with Gasteiger partial charge in [-0.1, -0.05) is 11.3 Å². The normalized spacial score (nSPS) is 17.8. The molecular formula is C10H13N5OS. The minimum atomic E-state index is 0.0100. The molecule has 90 valence electrons. The molecule has 1 amide bonds. The lowest BCUT2D eigenvalue weighted by molar-refractivity contribution is 0.0659. The van der Waals surface area contributed by atoms with Gasteiger partial charge in [-0.15, -0.1) is 0 Å². The number of fused-ring (bicyclic) bond motifs is 1. The number of carbonyl (C=O) groups excluding carboxylic acids is 1. The van der Waals surface area contributed by atoms with Crippen molar-refractivity contribution >= 4 is 22.2 Å². The maximum absolute atomic E-state index is 12.2. The topological polar surface area (TPSA) is 53.7 Å². The van der Waals surface area contributed by atoms with E-state index in [1.54, 1.807) is 16.2 Å². The smallest absolute Gasteiger partial charge is 0.274 e. The zero-order valence-corrected chi connectivity index (χ0v) is 10.4. The van der Waals surface area contributed by atoms with Gasteiger partial charge in [0.05, 0.1) is 6.20 Å². The van der Waals surface area contributed by atoms with Crippen LogP contribution in [0.2, 0.25) is 0 Å². The van der Waals surface area contributed by atoms with Crippen molar-refractivity contribution in [2.45, 2.75) is 0 Å². The molecule has 7 heteroatoms. The first-order chi connectivity index (χ1) is 8.24. The molecule has 1 fully saturated rings. The lowest BCUT2D eigenvalue weighted by Crippen LogP contribution is -2.47. The van der Waals surface area contributed by atoms with Crippen molar-refractivity contribution in [3.63, 3.8) is 0 Å². The second-order valence-electron chi connectivity index (χ2n) is 4.19. The van der Waals surface area contributed by atoms with Crippen LogP contribution in [0.5, 0.6) is 0 Å². The molecule has 6 nitrogen and oxygen atoms in total. The molecule has 0 N–H and O–H groups in total. The molecule has 0 aliphatic carbocycles. The molecule has 1 aliphatic heterocycles. The highest BCUT2D eigenvalue weighted by Crippen LogP contribution is 2.11. The third-order valence-electron chi connectivity index (χ3n) is 3.00. The Morgan fingerprint density at radius 3 is 2.82 bits per heavy atom. The van der Waals surface area contributed by atoms with Gasteiger partial charge in [-0.05, 0) is 7.05 Å². The fourth-order valence-electron chi connectivity index (χ4n) is 1.91. The van der Waals surface area contributed by atoms with E-state index in [0.29, 0.717) is 5.69 Å². The van der Waals surface area contributed by atoms with E-state index in [-0.39, 0.29) is 5.91 Å². The van der Waals surface area contributed by atoms with Crippen molar-refractivity contribution in [2.24, 2.45) is 0 Å². The highest BCUT2D eigenvalue weighted by atomic mass is 32.1. The number of likely N-dealkylation sites (N-methyl/N-ethyl adjacent to an activating group) is 1. The summed E-state index contributed by atoms with van der Waals surface area (Å²) in [5.74, 6) is 0.0100. The van der Waals surface area contributed by atoms with E-state index in [2.05, 4.69) is 22.0 Å². The third kappa shape index (κ3) is 1.91. The van der Waals surface area contributed by atoms with Crippen molar-refractivity contribution in [1.29, 1.82) is 0 Å². The van der Waals surface area contributed by atoms with E-state index >= 15 is 0 Å². The van der Waals surface area contributed by atoms with Gasteiger partial charge in [-0.25, -0.2) is 9.50 Å². The van der Waals surface area contributed by atoms with Crippen molar-refractivity contribution < 1.29 is 4.79 Å². The summed E-state index contributed by atoms with van der Waals surface area (Å²) in [6.45, 7) is 3.39. The van der Waals surface area contributed by atoms with Gasteiger partial charge in [0.2, 0.25) is 4.96 Å². The Morgan fingerprint density at radius 2 is 2.12 bits per heavy atom. The van der Waals surface area contributed by atoms with E-state index in [1.165, 1.54) is 11.3 Å². The van der Waals surface area contributed by atoms with Crippen LogP contribution in [0.3, 0.4) is 0 Å². The summed E-state index contributed by atoms with van der Waals surface area (Å²) in [5, 5.41) is 4.07. The second-order valence-corrected chi connectivity index (χ2v) is 5.00. The molecule has 1 saturated heterocycles. The maximum atomic E-state index is 12.2. The summed E-state index contributed by atoms with van der Waals surface area (Å²) < 4.78 is 1.65. The summed E-state index contributed by atoms with van der Waals surface area (Å²) in [4.78, 5) is 21.3. The Labute approximate surface area is 102 Å². The number of imidazole rings is 1. The largest absolute Gasteiger partial charge is 0.335 e. The summed E-state index contributed by atoms with van der Waals surface area (Å²) in [6, 6.07) is 0. The number of amides is 1. The van der Waals surface area contributed by atoms with Gasteiger partial charge in [0.25, 0.3) is 5.91 Å². The van der Waals surface area contributed by atoms with Crippen molar-refractivity contribution in [2.75, 3.05) is 33.2 Å². The molecule has 0 atom stereocenters. The highest BCUT2D eigenvalue weighted by Gasteiger charge is 2.22. The first kappa shape index (κ1) is 10.7. The Kier molecular flexibility index (Phi) is 2.56. The molecule has 0 radical (unpaired) electrons. The lowest BCUT2D eigenvalue weighted by Gasteiger charge is -2.31. The average molecular weight is 251 g/mol. The Balaban J connectivity index is 1.79. The summed E-state index contributed by atoms with van der Waals surface area (Å²) in [5.41, 5.74) is 2.21. The van der Waals surface area contributed by atoms with Gasteiger partial charge in [0.15, 0.2) is 0 Å². The molecule has 17 heavy (non-hydrogen) atoms. The van der Waals surface area contributed by atoms with Crippen LogP contribution in [0.25, 0.3) is 4.96 Å². The van der Waals surface area contributed by atoms with Crippen LogP contribution in [0.4, 0.5) is 0 Å². The molecule has 3 heterocycles. The van der Waals surface area contributed by atoms with E-state index in [9.17, 15) is 4.79 Å². The highest BCUT2D eigenvalue weighted by molar-refractivity contribution is 7.14. The van der Waals surface area contributed by atoms with Crippen LogP contribution < -0.4 is 0 Å². The molecule has 0 unspecified atom stereocenters. The number of rotatable bonds is 1. The fourth-order valence-corrected chi connectivity index (χ4v) is 2.52. The van der Waals surface area contributed by atoms with Gasteiger partial charge >= 0.3 is 0 Å². The zero-order valence-electron chi connectivity index (χ0n) is 9.54. The number of nitrogens with zero attached hydrogens (tertiary/aromatic N) is 5. The van der Waals surface area contributed by atoms with Crippen LogP contribution in [-0.2, 0) is 0 Å². The first-order valence-corrected chi connectivity index (χ1v) is 6.39. The van der Waals surface area contributed by atoms with E-state index in [4.69, 9.17) is 0 Å². The minimum absolute atomic E-state index is 0.0100. The van der Waals surface area contributed by atoms with Gasteiger partial charge in [0.1, 0.15) is 11.2 Å². The lowest BCUT2D eigenvalue weighted by atomic mass is 10.3. The van der Waals surface area contributed by atoms with Gasteiger partial charge in [0, 0.05) is 26.2 Å². The predicted molar refractivity (Wildman–Crippen MR) is 64.3 cm³/mol. The molecule has 0 aromatic carbocycles. The van der Waals surface area contributed by atoms with E-state index < -0.39 is 0 Å². The average Bonchev–Trinajstić information content (AvgIpc) is 2.89. The number of carbonyl (C=O) groups is 1. The van der Waals surface area contributed by atoms with Crippen LogP contribution >= 0.6 is 11.3 Å². The Bertz CT molecular complexity index is 511. The summed E-state index contributed by atoms with van der Waals surface area (Å²) in [6.07, 6.45) is 1.70. The van der Waals surface area contributed by atoms with Crippen molar-refractivity contribution in [3.05, 3.63) is 17.4 Å². The molecule has 2 aromatic heterocycles. The van der Waals surface area contributed by atoms with Crippen molar-refractivity contribution in [1.82, 2.24) is 24.4 Å². The number of hydrogen-bond donors (Lipinski definition) is 0. The molecule has 0 saturated carbocycles. The van der Waals surface area contributed by atoms with Crippen LogP contribution in [-0.4, -0.2) is 63.5 Å². The SMILES string of the molecule is CN1CCN(C(=O)c2cn3ncsc3n2)CC1. The number of aromatic nitrogens is 3. The molecule has 3 rings (SSSR count). The second kappa shape index (κ2) is 4.08. The zero-order chi connectivity index (χ0) is 11.8. The van der Waals surface area contributed by atoms with Gasteiger partial charge in [-0.2, -0.15) is 5.10 Å².